The summed E-state index contributed by atoms with van der Waals surface area (Å²) in [6.45, 7) is 2.23. The van der Waals surface area contributed by atoms with Crippen molar-refractivity contribution in [3.63, 3.8) is 0 Å². The van der Waals surface area contributed by atoms with Crippen LogP contribution in [-0.4, -0.2) is 36.2 Å². The lowest BCUT2D eigenvalue weighted by atomic mass is 10.2. The van der Waals surface area contributed by atoms with Crippen LogP contribution in [0.1, 0.15) is 29.0 Å². The molecule has 0 aliphatic rings. The summed E-state index contributed by atoms with van der Waals surface area (Å²) < 4.78 is 10.2. The van der Waals surface area contributed by atoms with Crippen LogP contribution in [0, 0.1) is 0 Å². The first-order chi connectivity index (χ1) is 10.6. The number of amides is 1. The second kappa shape index (κ2) is 9.12. The summed E-state index contributed by atoms with van der Waals surface area (Å²) in [6.07, 6.45) is 0.673. The van der Waals surface area contributed by atoms with E-state index < -0.39 is 0 Å². The number of aromatic nitrogens is 2. The van der Waals surface area contributed by atoms with Crippen molar-refractivity contribution >= 4 is 18.3 Å². The number of hydrogen-bond donors (Lipinski definition) is 2. The molecular formula is C15H21ClN4O3. The molecular weight excluding hydrogens is 320 g/mol. The molecule has 7 nitrogen and oxygen atoms in total. The van der Waals surface area contributed by atoms with Crippen molar-refractivity contribution < 1.29 is 14.1 Å². The summed E-state index contributed by atoms with van der Waals surface area (Å²) >= 11 is 0. The monoisotopic (exact) mass is 340 g/mol. The molecule has 0 fully saturated rings. The molecule has 2 rings (SSSR count). The molecule has 0 bridgehead atoms. The molecule has 1 aromatic carbocycles. The Morgan fingerprint density at radius 1 is 1.35 bits per heavy atom. The number of carbonyl (C=O) groups excluding carboxylic acids is 1. The number of hydrogen-bond acceptors (Lipinski definition) is 6. The van der Waals surface area contributed by atoms with Crippen LogP contribution in [0.3, 0.4) is 0 Å². The van der Waals surface area contributed by atoms with Crippen LogP contribution in [0.4, 0.5) is 0 Å². The molecule has 0 spiro atoms. The standard InChI is InChI=1S/C15H20N4O3.ClH/c1-10(16-2)8-13-18-14(22-19-13)9-17-15(20)11-4-6-12(21-3)7-5-11;/h4-7,10,16H,8-9H2,1-3H3,(H,17,20);1H. The highest BCUT2D eigenvalue weighted by Gasteiger charge is 2.11. The molecule has 0 radical (unpaired) electrons. The van der Waals surface area contributed by atoms with Crippen molar-refractivity contribution in [2.24, 2.45) is 0 Å². The average Bonchev–Trinajstić information content (AvgIpc) is 3.00. The highest BCUT2D eigenvalue weighted by Crippen LogP contribution is 2.11. The Kier molecular flexibility index (Phi) is 7.50. The maximum atomic E-state index is 12.0. The third-order valence-corrected chi connectivity index (χ3v) is 3.24. The quantitative estimate of drug-likeness (QED) is 0.795. The fraction of sp³-hybridized carbons (Fsp3) is 0.400. The predicted molar refractivity (Wildman–Crippen MR) is 87.9 cm³/mol. The molecule has 2 N–H and O–H groups in total. The van der Waals surface area contributed by atoms with Gasteiger partial charge in [-0.3, -0.25) is 4.79 Å². The van der Waals surface area contributed by atoms with Crippen LogP contribution >= 0.6 is 12.4 Å². The molecule has 23 heavy (non-hydrogen) atoms. The van der Waals surface area contributed by atoms with E-state index >= 15 is 0 Å². The molecule has 1 atom stereocenters. The van der Waals surface area contributed by atoms with Crippen LogP contribution in [0.2, 0.25) is 0 Å². The van der Waals surface area contributed by atoms with Gasteiger partial charge in [0.05, 0.1) is 13.7 Å². The largest absolute Gasteiger partial charge is 0.497 e. The lowest BCUT2D eigenvalue weighted by Gasteiger charge is -2.05. The number of ether oxygens (including phenoxy) is 1. The summed E-state index contributed by atoms with van der Waals surface area (Å²) in [5.41, 5.74) is 0.546. The lowest BCUT2D eigenvalue weighted by molar-refractivity contribution is 0.0946. The summed E-state index contributed by atoms with van der Waals surface area (Å²) in [5, 5.41) is 9.73. The zero-order valence-electron chi connectivity index (χ0n) is 13.3. The van der Waals surface area contributed by atoms with Gasteiger partial charge in [-0.2, -0.15) is 4.98 Å². The SMILES string of the molecule is CNC(C)Cc1noc(CNC(=O)c2ccc(OC)cc2)n1.Cl. The minimum Gasteiger partial charge on any atom is -0.497 e. The fourth-order valence-corrected chi connectivity index (χ4v) is 1.82. The van der Waals surface area contributed by atoms with Gasteiger partial charge < -0.3 is 19.9 Å². The van der Waals surface area contributed by atoms with Crippen LogP contribution in [0.5, 0.6) is 5.75 Å². The van der Waals surface area contributed by atoms with Crippen molar-refractivity contribution in [2.75, 3.05) is 14.2 Å². The van der Waals surface area contributed by atoms with E-state index in [1.165, 1.54) is 0 Å². The van der Waals surface area contributed by atoms with Crippen LogP contribution in [0.15, 0.2) is 28.8 Å². The predicted octanol–water partition coefficient (Wildman–Crippen LogP) is 1.58. The van der Waals surface area contributed by atoms with Gasteiger partial charge >= 0.3 is 0 Å². The number of nitrogens with one attached hydrogen (secondary N) is 2. The minimum absolute atomic E-state index is 0. The van der Waals surface area contributed by atoms with Crippen LogP contribution < -0.4 is 15.4 Å². The maximum absolute atomic E-state index is 12.0. The molecule has 1 unspecified atom stereocenters. The van der Waals surface area contributed by atoms with Gasteiger partial charge in [-0.1, -0.05) is 5.16 Å². The van der Waals surface area contributed by atoms with E-state index in [0.717, 1.165) is 0 Å². The Labute approximate surface area is 141 Å². The van der Waals surface area contributed by atoms with Gasteiger partial charge in [-0.25, -0.2) is 0 Å². The van der Waals surface area contributed by atoms with E-state index in [1.807, 2.05) is 14.0 Å². The molecule has 126 valence electrons. The van der Waals surface area contributed by atoms with Gasteiger partial charge in [0.2, 0.25) is 5.89 Å². The Morgan fingerprint density at radius 3 is 2.65 bits per heavy atom. The molecule has 0 aliphatic heterocycles. The molecule has 1 aromatic heterocycles. The fourth-order valence-electron chi connectivity index (χ4n) is 1.82. The van der Waals surface area contributed by atoms with E-state index in [1.54, 1.807) is 31.4 Å². The first-order valence-electron chi connectivity index (χ1n) is 7.03. The Bertz CT molecular complexity index is 615. The van der Waals surface area contributed by atoms with E-state index in [9.17, 15) is 4.79 Å². The number of halogens is 1. The number of likely N-dealkylation sites (N-methyl/N-ethyl adjacent to an activating group) is 1. The van der Waals surface area contributed by atoms with Gasteiger partial charge in [-0.15, -0.1) is 12.4 Å². The van der Waals surface area contributed by atoms with Gasteiger partial charge in [0.1, 0.15) is 5.75 Å². The first kappa shape index (κ1) is 18.9. The first-order valence-corrected chi connectivity index (χ1v) is 7.03. The van der Waals surface area contributed by atoms with Gasteiger partial charge in [0.25, 0.3) is 5.91 Å². The van der Waals surface area contributed by atoms with Gasteiger partial charge in [0, 0.05) is 18.0 Å². The van der Waals surface area contributed by atoms with Gasteiger partial charge in [-0.05, 0) is 38.2 Å². The topological polar surface area (TPSA) is 89.3 Å². The van der Waals surface area contributed by atoms with Crippen molar-refractivity contribution in [2.45, 2.75) is 25.9 Å². The second-order valence-corrected chi connectivity index (χ2v) is 4.91. The van der Waals surface area contributed by atoms with Crippen LogP contribution in [-0.2, 0) is 13.0 Å². The summed E-state index contributed by atoms with van der Waals surface area (Å²) in [6, 6.07) is 7.13. The van der Waals surface area contributed by atoms with Crippen molar-refractivity contribution in [1.82, 2.24) is 20.8 Å². The lowest BCUT2D eigenvalue weighted by Crippen LogP contribution is -2.24. The molecule has 0 saturated carbocycles. The highest BCUT2D eigenvalue weighted by atomic mass is 35.5. The maximum Gasteiger partial charge on any atom is 0.251 e. The minimum atomic E-state index is -0.203. The number of nitrogens with zero attached hydrogens (tertiary/aromatic N) is 2. The second-order valence-electron chi connectivity index (χ2n) is 4.91. The van der Waals surface area contributed by atoms with Crippen molar-refractivity contribution in [3.8, 4) is 5.75 Å². The Hall–Kier alpha value is -2.12. The molecule has 0 aliphatic carbocycles. The number of benzene rings is 1. The summed E-state index contributed by atoms with van der Waals surface area (Å²) in [4.78, 5) is 16.2. The van der Waals surface area contributed by atoms with E-state index in [2.05, 4.69) is 20.8 Å². The molecule has 1 amide bonds. The molecule has 8 heteroatoms. The third-order valence-electron chi connectivity index (χ3n) is 3.24. The van der Waals surface area contributed by atoms with E-state index in [-0.39, 0.29) is 30.9 Å². The number of methoxy groups -OCH3 is 1. The summed E-state index contributed by atoms with van der Waals surface area (Å²) in [7, 11) is 3.46. The number of carbonyl (C=O) groups is 1. The smallest absolute Gasteiger partial charge is 0.251 e. The van der Waals surface area contributed by atoms with E-state index in [4.69, 9.17) is 9.26 Å². The van der Waals surface area contributed by atoms with Crippen LogP contribution in [0.25, 0.3) is 0 Å². The normalized spacial score (nSPS) is 11.4. The zero-order chi connectivity index (χ0) is 15.9. The zero-order valence-corrected chi connectivity index (χ0v) is 14.1. The average molecular weight is 341 g/mol. The van der Waals surface area contributed by atoms with E-state index in [0.29, 0.717) is 29.4 Å². The Morgan fingerprint density at radius 2 is 2.04 bits per heavy atom. The van der Waals surface area contributed by atoms with Crippen molar-refractivity contribution in [1.29, 1.82) is 0 Å². The Balaban J connectivity index is 0.00000264. The summed E-state index contributed by atoms with van der Waals surface area (Å²) in [5.74, 6) is 1.51. The molecule has 1 heterocycles. The number of rotatable bonds is 7. The third kappa shape index (κ3) is 5.54. The van der Waals surface area contributed by atoms with Crippen molar-refractivity contribution in [3.05, 3.63) is 41.5 Å². The molecule has 0 saturated heterocycles. The molecule has 2 aromatic rings. The van der Waals surface area contributed by atoms with Gasteiger partial charge in [0.15, 0.2) is 5.82 Å². The highest BCUT2D eigenvalue weighted by molar-refractivity contribution is 5.94.